The molecule has 0 aliphatic heterocycles. The molecule has 2 rings (SSSR count). The standard InChI is InChI=1S/C18H23N3O.HI/c1-13-7-9-16(10-8-13)21-18(19)20-11-12-22-17-14(2)5-4-6-15(17)3;/h4-10H,11-12H2,1-3H3,(H3,19,20,21);1H. The molecule has 0 radical (unpaired) electrons. The third-order valence-corrected chi connectivity index (χ3v) is 3.35. The van der Waals surface area contributed by atoms with Crippen LogP contribution in [-0.4, -0.2) is 19.1 Å². The van der Waals surface area contributed by atoms with Crippen molar-refractivity contribution in [3.8, 4) is 5.75 Å². The SMILES string of the molecule is Cc1ccc(NC(N)=NCCOc2c(C)cccc2C)cc1.I. The zero-order valence-corrected chi connectivity index (χ0v) is 16.1. The summed E-state index contributed by atoms with van der Waals surface area (Å²) in [6.45, 7) is 7.14. The molecule has 0 saturated carbocycles. The summed E-state index contributed by atoms with van der Waals surface area (Å²) >= 11 is 0. The second-order valence-corrected chi connectivity index (χ2v) is 5.33. The van der Waals surface area contributed by atoms with E-state index < -0.39 is 0 Å². The van der Waals surface area contributed by atoms with Gasteiger partial charge in [0.05, 0.1) is 6.54 Å². The molecule has 3 N–H and O–H groups in total. The average Bonchev–Trinajstić information content (AvgIpc) is 2.48. The molecular weight excluding hydrogens is 401 g/mol. The second kappa shape index (κ2) is 9.39. The monoisotopic (exact) mass is 425 g/mol. The number of benzene rings is 2. The Hall–Kier alpha value is -1.76. The highest BCUT2D eigenvalue weighted by Gasteiger charge is 2.02. The second-order valence-electron chi connectivity index (χ2n) is 5.33. The van der Waals surface area contributed by atoms with Gasteiger partial charge in [0.2, 0.25) is 0 Å². The third kappa shape index (κ3) is 6.09. The van der Waals surface area contributed by atoms with Crippen molar-refractivity contribution in [2.45, 2.75) is 20.8 Å². The molecule has 0 bridgehead atoms. The Balaban J connectivity index is 0.00000264. The average molecular weight is 425 g/mol. The molecule has 0 amide bonds. The topological polar surface area (TPSA) is 59.6 Å². The van der Waals surface area contributed by atoms with Crippen molar-refractivity contribution in [2.75, 3.05) is 18.5 Å². The molecule has 4 nitrogen and oxygen atoms in total. The van der Waals surface area contributed by atoms with Gasteiger partial charge in [-0.3, -0.25) is 0 Å². The molecule has 5 heteroatoms. The number of hydrogen-bond acceptors (Lipinski definition) is 2. The molecule has 0 aliphatic rings. The number of halogens is 1. The molecule has 0 unspecified atom stereocenters. The lowest BCUT2D eigenvalue weighted by molar-refractivity contribution is 0.324. The molecule has 0 saturated heterocycles. The van der Waals surface area contributed by atoms with E-state index in [1.54, 1.807) is 0 Å². The highest BCUT2D eigenvalue weighted by atomic mass is 127. The predicted octanol–water partition coefficient (Wildman–Crippen LogP) is 4.04. The molecule has 0 atom stereocenters. The fraction of sp³-hybridized carbons (Fsp3) is 0.278. The molecule has 124 valence electrons. The molecule has 0 aliphatic carbocycles. The van der Waals surface area contributed by atoms with Crippen LogP contribution >= 0.6 is 24.0 Å². The minimum atomic E-state index is 0. The quantitative estimate of drug-likeness (QED) is 0.329. The molecule has 2 aromatic carbocycles. The van der Waals surface area contributed by atoms with Crippen molar-refractivity contribution in [3.05, 3.63) is 59.2 Å². The van der Waals surface area contributed by atoms with Gasteiger partial charge in [-0.15, -0.1) is 24.0 Å². The van der Waals surface area contributed by atoms with Gasteiger partial charge in [-0.2, -0.15) is 0 Å². The number of aryl methyl sites for hydroxylation is 3. The zero-order valence-electron chi connectivity index (χ0n) is 13.8. The molecule has 23 heavy (non-hydrogen) atoms. The predicted molar refractivity (Wildman–Crippen MR) is 108 cm³/mol. The van der Waals surface area contributed by atoms with Gasteiger partial charge < -0.3 is 15.8 Å². The number of nitrogens with zero attached hydrogens (tertiary/aromatic N) is 1. The van der Waals surface area contributed by atoms with E-state index in [1.807, 2.05) is 63.2 Å². The number of anilines is 1. The highest BCUT2D eigenvalue weighted by Crippen LogP contribution is 2.21. The zero-order chi connectivity index (χ0) is 15.9. The number of nitrogens with two attached hydrogens (primary N) is 1. The van der Waals surface area contributed by atoms with Crippen LogP contribution in [0.1, 0.15) is 16.7 Å². The van der Waals surface area contributed by atoms with Crippen LogP contribution < -0.4 is 15.8 Å². The van der Waals surface area contributed by atoms with Crippen LogP contribution in [0.15, 0.2) is 47.5 Å². The van der Waals surface area contributed by atoms with Crippen molar-refractivity contribution in [2.24, 2.45) is 10.7 Å². The van der Waals surface area contributed by atoms with Crippen molar-refractivity contribution >= 4 is 35.6 Å². The number of guanidine groups is 1. The Morgan fingerprint density at radius 1 is 1.04 bits per heavy atom. The van der Waals surface area contributed by atoms with Crippen LogP contribution in [0.25, 0.3) is 0 Å². The van der Waals surface area contributed by atoms with E-state index in [2.05, 4.69) is 10.3 Å². The van der Waals surface area contributed by atoms with Crippen LogP contribution in [0.5, 0.6) is 5.75 Å². The van der Waals surface area contributed by atoms with Gasteiger partial charge in [0.15, 0.2) is 5.96 Å². The Bertz CT molecular complexity index is 634. The summed E-state index contributed by atoms with van der Waals surface area (Å²) in [5.74, 6) is 1.33. The maximum atomic E-state index is 5.87. The summed E-state index contributed by atoms with van der Waals surface area (Å²) in [5, 5.41) is 3.06. The summed E-state index contributed by atoms with van der Waals surface area (Å²) in [6, 6.07) is 14.1. The first kappa shape index (κ1) is 19.3. The number of aliphatic imine (C=N–C) groups is 1. The maximum absolute atomic E-state index is 5.87. The largest absolute Gasteiger partial charge is 0.491 e. The molecular formula is C18H24IN3O. The first-order valence-corrected chi connectivity index (χ1v) is 7.39. The minimum absolute atomic E-state index is 0. The van der Waals surface area contributed by atoms with E-state index in [4.69, 9.17) is 10.5 Å². The fourth-order valence-electron chi connectivity index (χ4n) is 2.16. The molecule has 0 heterocycles. The third-order valence-electron chi connectivity index (χ3n) is 3.35. The summed E-state index contributed by atoms with van der Waals surface area (Å²) in [5.41, 5.74) is 10.3. The Kier molecular flexibility index (Phi) is 7.88. The maximum Gasteiger partial charge on any atom is 0.193 e. The molecule has 0 aromatic heterocycles. The number of ether oxygens (including phenoxy) is 1. The van der Waals surface area contributed by atoms with E-state index in [0.29, 0.717) is 19.1 Å². The molecule has 0 fully saturated rings. The van der Waals surface area contributed by atoms with Crippen LogP contribution in [0.4, 0.5) is 5.69 Å². The first-order chi connectivity index (χ1) is 10.6. The van der Waals surface area contributed by atoms with Crippen LogP contribution in [0.3, 0.4) is 0 Å². The summed E-state index contributed by atoms with van der Waals surface area (Å²) < 4.78 is 5.79. The highest BCUT2D eigenvalue weighted by molar-refractivity contribution is 14.0. The van der Waals surface area contributed by atoms with E-state index in [0.717, 1.165) is 22.6 Å². The Labute approximate surface area is 155 Å². The van der Waals surface area contributed by atoms with E-state index in [9.17, 15) is 0 Å². The number of nitrogens with one attached hydrogen (secondary N) is 1. The summed E-state index contributed by atoms with van der Waals surface area (Å²) in [7, 11) is 0. The van der Waals surface area contributed by atoms with Gasteiger partial charge in [0.1, 0.15) is 12.4 Å². The van der Waals surface area contributed by atoms with Crippen LogP contribution in [-0.2, 0) is 0 Å². The lowest BCUT2D eigenvalue weighted by atomic mass is 10.1. The minimum Gasteiger partial charge on any atom is -0.491 e. The molecule has 2 aromatic rings. The fourth-order valence-corrected chi connectivity index (χ4v) is 2.16. The van der Waals surface area contributed by atoms with Crippen molar-refractivity contribution in [1.82, 2.24) is 0 Å². The summed E-state index contributed by atoms with van der Waals surface area (Å²) in [6.07, 6.45) is 0. The van der Waals surface area contributed by atoms with Crippen molar-refractivity contribution in [3.63, 3.8) is 0 Å². The number of rotatable bonds is 5. The van der Waals surface area contributed by atoms with Crippen LogP contribution in [0, 0.1) is 20.8 Å². The van der Waals surface area contributed by atoms with Gasteiger partial charge in [-0.25, -0.2) is 4.99 Å². The van der Waals surface area contributed by atoms with Gasteiger partial charge in [-0.05, 0) is 44.0 Å². The van der Waals surface area contributed by atoms with Gasteiger partial charge in [-0.1, -0.05) is 35.9 Å². The molecule has 0 spiro atoms. The summed E-state index contributed by atoms with van der Waals surface area (Å²) in [4.78, 5) is 4.27. The number of hydrogen-bond donors (Lipinski definition) is 2. The van der Waals surface area contributed by atoms with Gasteiger partial charge >= 0.3 is 0 Å². The van der Waals surface area contributed by atoms with Crippen molar-refractivity contribution < 1.29 is 4.74 Å². The Morgan fingerprint density at radius 2 is 1.65 bits per heavy atom. The lowest BCUT2D eigenvalue weighted by Crippen LogP contribution is -2.23. The van der Waals surface area contributed by atoms with Gasteiger partial charge in [0.25, 0.3) is 0 Å². The van der Waals surface area contributed by atoms with E-state index in [1.165, 1.54) is 5.56 Å². The smallest absolute Gasteiger partial charge is 0.193 e. The van der Waals surface area contributed by atoms with Gasteiger partial charge in [0, 0.05) is 5.69 Å². The normalized spacial score (nSPS) is 10.8. The lowest BCUT2D eigenvalue weighted by Gasteiger charge is -2.11. The Morgan fingerprint density at radius 3 is 2.26 bits per heavy atom. The van der Waals surface area contributed by atoms with Crippen LogP contribution in [0.2, 0.25) is 0 Å². The number of para-hydroxylation sites is 1. The first-order valence-electron chi connectivity index (χ1n) is 7.39. The van der Waals surface area contributed by atoms with E-state index >= 15 is 0 Å². The van der Waals surface area contributed by atoms with E-state index in [-0.39, 0.29) is 24.0 Å². The van der Waals surface area contributed by atoms with Crippen molar-refractivity contribution in [1.29, 1.82) is 0 Å².